The average molecular weight is 452 g/mol. The van der Waals surface area contributed by atoms with E-state index < -0.39 is 11.5 Å². The summed E-state index contributed by atoms with van der Waals surface area (Å²) in [5.41, 5.74) is 2.75. The third-order valence-corrected chi connectivity index (χ3v) is 6.14. The topological polar surface area (TPSA) is 91.1 Å². The van der Waals surface area contributed by atoms with Gasteiger partial charge in [-0.1, -0.05) is 72.6 Å². The number of amides is 2. The van der Waals surface area contributed by atoms with Gasteiger partial charge in [0.25, 0.3) is 5.91 Å². The number of carbonyl (C=O) groups is 3. The summed E-state index contributed by atoms with van der Waals surface area (Å²) in [6.07, 6.45) is 3.43. The van der Waals surface area contributed by atoms with E-state index in [1.165, 1.54) is 0 Å². The zero-order chi connectivity index (χ0) is 24.4. The van der Waals surface area contributed by atoms with Crippen LogP contribution in [0.1, 0.15) is 99.3 Å². The summed E-state index contributed by atoms with van der Waals surface area (Å²) in [6.45, 7) is 12.2. The molecule has 2 aromatic rings. The number of unbranched alkanes of at least 4 members (excludes halogenated alkanes) is 1. The Hall–Kier alpha value is -2.89. The first kappa shape index (κ1) is 24.7. The van der Waals surface area contributed by atoms with Gasteiger partial charge in [-0.15, -0.1) is 0 Å². The first-order chi connectivity index (χ1) is 15.4. The molecule has 6 nitrogen and oxygen atoms in total. The Bertz CT molecular complexity index is 1030. The number of aromatic amines is 1. The maximum atomic E-state index is 13.5. The molecule has 0 radical (unpaired) electrons. The highest BCUT2D eigenvalue weighted by atomic mass is 16.2. The molecule has 0 fully saturated rings. The maximum absolute atomic E-state index is 13.5. The van der Waals surface area contributed by atoms with Gasteiger partial charge >= 0.3 is 0 Å². The molecule has 2 amide bonds. The third-order valence-electron chi connectivity index (χ3n) is 6.14. The normalized spacial score (nSPS) is 16.1. The van der Waals surface area contributed by atoms with Crippen LogP contribution in [0.3, 0.4) is 0 Å². The monoisotopic (exact) mass is 451 g/mol. The molecule has 0 saturated carbocycles. The van der Waals surface area contributed by atoms with Crippen LogP contribution >= 0.6 is 0 Å². The number of Topliss-reactive ketones (excluding diaryl/α,β-unsaturated/α-hetero) is 1. The van der Waals surface area contributed by atoms with E-state index in [0.717, 1.165) is 24.1 Å². The van der Waals surface area contributed by atoms with Crippen molar-refractivity contribution in [1.29, 1.82) is 0 Å². The SMILES string of the molecule is CCCC[C@H](NC(=O)c1[nH]c2c(c1C(C)(C)C)C(=O)CC(C)(C)C2)C(=O)Nc1ccccc1. The molecular formula is C27H37N3O3. The molecule has 1 atom stereocenters. The van der Waals surface area contributed by atoms with E-state index >= 15 is 0 Å². The molecule has 0 unspecified atom stereocenters. The molecule has 0 spiro atoms. The average Bonchev–Trinajstić information content (AvgIpc) is 3.10. The Morgan fingerprint density at radius 3 is 2.39 bits per heavy atom. The highest BCUT2D eigenvalue weighted by Crippen LogP contribution is 2.41. The Morgan fingerprint density at radius 2 is 1.79 bits per heavy atom. The number of H-pyrrole nitrogens is 1. The summed E-state index contributed by atoms with van der Waals surface area (Å²) in [5, 5.41) is 5.85. The Morgan fingerprint density at radius 1 is 1.12 bits per heavy atom. The Labute approximate surface area is 196 Å². The first-order valence-electron chi connectivity index (χ1n) is 11.9. The zero-order valence-corrected chi connectivity index (χ0v) is 20.7. The van der Waals surface area contributed by atoms with Gasteiger partial charge in [-0.25, -0.2) is 0 Å². The summed E-state index contributed by atoms with van der Waals surface area (Å²) in [5.74, 6) is -0.510. The number of para-hydroxylation sites is 1. The van der Waals surface area contributed by atoms with Crippen molar-refractivity contribution in [2.45, 2.75) is 85.1 Å². The fraction of sp³-hybridized carbons (Fsp3) is 0.519. The minimum atomic E-state index is -0.669. The smallest absolute Gasteiger partial charge is 0.268 e. The summed E-state index contributed by atoms with van der Waals surface area (Å²) in [4.78, 5) is 42.8. The lowest BCUT2D eigenvalue weighted by Crippen LogP contribution is -2.44. The molecule has 0 aliphatic heterocycles. The number of fused-ring (bicyclic) bond motifs is 1. The lowest BCUT2D eigenvalue weighted by atomic mass is 9.72. The van der Waals surface area contributed by atoms with E-state index in [2.05, 4.69) is 36.4 Å². The number of anilines is 1. The third kappa shape index (κ3) is 5.73. The summed E-state index contributed by atoms with van der Waals surface area (Å²) >= 11 is 0. The molecule has 3 rings (SSSR count). The molecular weight excluding hydrogens is 414 g/mol. The van der Waals surface area contributed by atoms with Crippen LogP contribution in [0, 0.1) is 5.41 Å². The van der Waals surface area contributed by atoms with Gasteiger partial charge in [0, 0.05) is 23.4 Å². The van der Waals surface area contributed by atoms with Crippen molar-refractivity contribution in [3.8, 4) is 0 Å². The number of hydrogen-bond acceptors (Lipinski definition) is 3. The van der Waals surface area contributed by atoms with Crippen LogP contribution in [0.15, 0.2) is 30.3 Å². The number of ketones is 1. The van der Waals surface area contributed by atoms with Gasteiger partial charge in [0.1, 0.15) is 11.7 Å². The van der Waals surface area contributed by atoms with E-state index in [-0.39, 0.29) is 23.0 Å². The van der Waals surface area contributed by atoms with Crippen molar-refractivity contribution in [2.24, 2.45) is 5.41 Å². The second kappa shape index (κ2) is 9.54. The molecule has 33 heavy (non-hydrogen) atoms. The summed E-state index contributed by atoms with van der Waals surface area (Å²) in [6, 6.07) is 8.56. The maximum Gasteiger partial charge on any atom is 0.268 e. The minimum Gasteiger partial charge on any atom is -0.354 e. The molecule has 1 aromatic heterocycles. The van der Waals surface area contributed by atoms with Gasteiger partial charge in [0.15, 0.2) is 5.78 Å². The fourth-order valence-electron chi connectivity index (χ4n) is 4.63. The molecule has 3 N–H and O–H groups in total. The molecule has 0 saturated heterocycles. The van der Waals surface area contributed by atoms with Crippen molar-refractivity contribution >= 4 is 23.3 Å². The minimum absolute atomic E-state index is 0.0748. The van der Waals surface area contributed by atoms with Gasteiger partial charge in [-0.05, 0) is 41.4 Å². The number of carbonyl (C=O) groups excluding carboxylic acids is 3. The molecule has 1 aliphatic rings. The quantitative estimate of drug-likeness (QED) is 0.527. The van der Waals surface area contributed by atoms with Crippen LogP contribution in [0.25, 0.3) is 0 Å². The van der Waals surface area contributed by atoms with Crippen molar-refractivity contribution < 1.29 is 14.4 Å². The summed E-state index contributed by atoms with van der Waals surface area (Å²) in [7, 11) is 0. The van der Waals surface area contributed by atoms with Crippen LogP contribution in [-0.2, 0) is 16.6 Å². The van der Waals surface area contributed by atoms with Crippen molar-refractivity contribution in [2.75, 3.05) is 5.32 Å². The fourth-order valence-corrected chi connectivity index (χ4v) is 4.63. The highest BCUT2D eigenvalue weighted by Gasteiger charge is 2.39. The van der Waals surface area contributed by atoms with Crippen LogP contribution in [0.4, 0.5) is 5.69 Å². The van der Waals surface area contributed by atoms with Gasteiger partial charge in [0.05, 0.1) is 0 Å². The Balaban J connectivity index is 1.92. The van der Waals surface area contributed by atoms with E-state index in [1.807, 2.05) is 51.1 Å². The van der Waals surface area contributed by atoms with E-state index in [4.69, 9.17) is 0 Å². The van der Waals surface area contributed by atoms with Gasteiger partial charge < -0.3 is 15.6 Å². The van der Waals surface area contributed by atoms with Crippen molar-refractivity contribution in [1.82, 2.24) is 10.3 Å². The standard InChI is InChI=1S/C27H37N3O3/c1-7-8-14-18(24(32)28-17-12-10-9-11-13-17)30-25(33)23-22(26(2,3)4)21-19(29-23)15-27(5,6)16-20(21)31/h9-13,18,29H,7-8,14-16H2,1-6H3,(H,28,32)(H,30,33)/t18-/m0/s1. The van der Waals surface area contributed by atoms with Crippen molar-refractivity contribution in [3.63, 3.8) is 0 Å². The zero-order valence-electron chi connectivity index (χ0n) is 20.7. The van der Waals surface area contributed by atoms with Crippen molar-refractivity contribution in [3.05, 3.63) is 52.8 Å². The second-order valence-corrected chi connectivity index (χ2v) is 10.9. The van der Waals surface area contributed by atoms with Crippen LogP contribution in [0.5, 0.6) is 0 Å². The van der Waals surface area contributed by atoms with Gasteiger partial charge in [-0.2, -0.15) is 0 Å². The molecule has 1 aliphatic carbocycles. The number of rotatable bonds is 7. The molecule has 178 valence electrons. The Kier molecular flexibility index (Phi) is 7.15. The molecule has 1 heterocycles. The lowest BCUT2D eigenvalue weighted by molar-refractivity contribution is -0.118. The number of hydrogen-bond donors (Lipinski definition) is 3. The van der Waals surface area contributed by atoms with E-state index in [0.29, 0.717) is 36.2 Å². The highest BCUT2D eigenvalue weighted by molar-refractivity contribution is 6.06. The van der Waals surface area contributed by atoms with Crippen LogP contribution in [0.2, 0.25) is 0 Å². The number of nitrogens with one attached hydrogen (secondary N) is 3. The molecule has 1 aromatic carbocycles. The van der Waals surface area contributed by atoms with E-state index in [1.54, 1.807) is 0 Å². The first-order valence-corrected chi connectivity index (χ1v) is 11.9. The second-order valence-electron chi connectivity index (χ2n) is 10.9. The number of aromatic nitrogens is 1. The molecule has 0 bridgehead atoms. The predicted octanol–water partition coefficient (Wildman–Crippen LogP) is 5.39. The lowest BCUT2D eigenvalue weighted by Gasteiger charge is -2.30. The predicted molar refractivity (Wildman–Crippen MR) is 132 cm³/mol. The largest absolute Gasteiger partial charge is 0.354 e. The van der Waals surface area contributed by atoms with E-state index in [9.17, 15) is 14.4 Å². The number of benzene rings is 1. The van der Waals surface area contributed by atoms with Crippen LogP contribution < -0.4 is 10.6 Å². The van der Waals surface area contributed by atoms with Crippen LogP contribution in [-0.4, -0.2) is 28.6 Å². The summed E-state index contributed by atoms with van der Waals surface area (Å²) < 4.78 is 0. The molecule has 6 heteroatoms. The van der Waals surface area contributed by atoms with Gasteiger partial charge in [-0.3, -0.25) is 14.4 Å². The van der Waals surface area contributed by atoms with Gasteiger partial charge in [0.2, 0.25) is 5.91 Å².